The first-order valence-electron chi connectivity index (χ1n) is 8.40. The average Bonchev–Trinajstić information content (AvgIpc) is 2.67. The Balaban J connectivity index is 1.91. The van der Waals surface area contributed by atoms with Gasteiger partial charge in [0, 0.05) is 25.2 Å². The number of hydrogen-bond acceptors (Lipinski definition) is 4. The molecule has 1 saturated heterocycles. The fraction of sp³-hybridized carbons (Fsp3) is 0.350. The molecular weight excluding hydrogens is 316 g/mol. The first kappa shape index (κ1) is 17.3. The first-order chi connectivity index (χ1) is 12.1. The lowest BCUT2D eigenvalue weighted by molar-refractivity contribution is 0.0497. The molecule has 1 heterocycles. The number of benzene rings is 2. The van der Waals surface area contributed by atoms with Crippen LogP contribution >= 0.6 is 0 Å². The summed E-state index contributed by atoms with van der Waals surface area (Å²) < 4.78 is 10.6. The van der Waals surface area contributed by atoms with Crippen molar-refractivity contribution in [2.75, 3.05) is 40.9 Å². The van der Waals surface area contributed by atoms with E-state index >= 15 is 0 Å². The highest BCUT2D eigenvalue weighted by molar-refractivity contribution is 5.95. The molecule has 0 unspecified atom stereocenters. The molecule has 0 saturated carbocycles. The molecule has 1 aliphatic heterocycles. The third-order valence-electron chi connectivity index (χ3n) is 4.66. The monoisotopic (exact) mass is 340 g/mol. The Labute approximate surface area is 148 Å². The Morgan fingerprint density at radius 2 is 1.72 bits per heavy atom. The predicted molar refractivity (Wildman–Crippen MR) is 97.3 cm³/mol. The van der Waals surface area contributed by atoms with Crippen molar-refractivity contribution in [1.82, 2.24) is 9.80 Å². The Morgan fingerprint density at radius 1 is 1.00 bits per heavy atom. The Hall–Kier alpha value is -2.53. The van der Waals surface area contributed by atoms with Crippen LogP contribution in [-0.2, 0) is 0 Å². The van der Waals surface area contributed by atoms with E-state index in [9.17, 15) is 4.79 Å². The van der Waals surface area contributed by atoms with Crippen molar-refractivity contribution < 1.29 is 14.3 Å². The summed E-state index contributed by atoms with van der Waals surface area (Å²) in [4.78, 5) is 17.4. The number of nitrogens with zero attached hydrogens (tertiary/aromatic N) is 2. The van der Waals surface area contributed by atoms with Gasteiger partial charge in [-0.2, -0.15) is 0 Å². The van der Waals surface area contributed by atoms with Crippen molar-refractivity contribution in [3.63, 3.8) is 0 Å². The molecule has 5 nitrogen and oxygen atoms in total. The van der Waals surface area contributed by atoms with E-state index in [0.29, 0.717) is 23.6 Å². The van der Waals surface area contributed by atoms with Crippen LogP contribution in [-0.4, -0.2) is 56.6 Å². The van der Waals surface area contributed by atoms with Crippen LogP contribution in [0.1, 0.15) is 22.0 Å². The Kier molecular flexibility index (Phi) is 5.24. The minimum atomic E-state index is 0.0166. The van der Waals surface area contributed by atoms with Crippen LogP contribution in [0.5, 0.6) is 11.5 Å². The van der Waals surface area contributed by atoms with Crippen LogP contribution in [0.15, 0.2) is 48.5 Å². The van der Waals surface area contributed by atoms with E-state index in [2.05, 4.69) is 24.1 Å². The minimum Gasteiger partial charge on any atom is -0.493 e. The van der Waals surface area contributed by atoms with Crippen LogP contribution in [0.4, 0.5) is 0 Å². The zero-order valence-electron chi connectivity index (χ0n) is 14.9. The van der Waals surface area contributed by atoms with Gasteiger partial charge in [-0.25, -0.2) is 0 Å². The van der Waals surface area contributed by atoms with E-state index in [1.165, 1.54) is 0 Å². The number of methoxy groups -OCH3 is 2. The van der Waals surface area contributed by atoms with Gasteiger partial charge >= 0.3 is 0 Å². The van der Waals surface area contributed by atoms with E-state index in [4.69, 9.17) is 9.47 Å². The first-order valence-corrected chi connectivity index (χ1v) is 8.40. The molecule has 0 spiro atoms. The molecule has 2 aromatic rings. The second-order valence-corrected chi connectivity index (χ2v) is 6.26. The number of hydrogen-bond donors (Lipinski definition) is 0. The molecule has 2 aromatic carbocycles. The molecule has 0 bridgehead atoms. The lowest BCUT2D eigenvalue weighted by atomic mass is 10.0. The number of amides is 1. The Morgan fingerprint density at radius 3 is 2.40 bits per heavy atom. The van der Waals surface area contributed by atoms with Crippen molar-refractivity contribution in [2.24, 2.45) is 0 Å². The standard InChI is InChI=1S/C20H24N2O3/c1-21-11-12-22(17(14-21)15-7-5-4-6-8-15)20(23)16-9-10-18(24-2)19(13-16)25-3/h4-10,13,17H,11-12,14H2,1-3H3/t17-/m1/s1. The molecule has 1 fully saturated rings. The molecule has 3 rings (SSSR count). The predicted octanol–water partition coefficient (Wildman–Crippen LogP) is 2.83. The van der Waals surface area contributed by atoms with Crippen LogP contribution < -0.4 is 9.47 Å². The molecule has 0 N–H and O–H groups in total. The van der Waals surface area contributed by atoms with Gasteiger partial charge in [-0.15, -0.1) is 0 Å². The molecule has 1 aliphatic rings. The van der Waals surface area contributed by atoms with Gasteiger partial charge in [0.2, 0.25) is 0 Å². The molecule has 5 heteroatoms. The molecule has 25 heavy (non-hydrogen) atoms. The fourth-order valence-electron chi connectivity index (χ4n) is 3.26. The highest BCUT2D eigenvalue weighted by atomic mass is 16.5. The average molecular weight is 340 g/mol. The van der Waals surface area contributed by atoms with Gasteiger partial charge in [0.05, 0.1) is 20.3 Å². The summed E-state index contributed by atoms with van der Waals surface area (Å²) >= 11 is 0. The number of ether oxygens (including phenoxy) is 2. The second kappa shape index (κ2) is 7.57. The lowest BCUT2D eigenvalue weighted by Gasteiger charge is -2.40. The quantitative estimate of drug-likeness (QED) is 0.858. The van der Waals surface area contributed by atoms with Gasteiger partial charge in [-0.3, -0.25) is 4.79 Å². The summed E-state index contributed by atoms with van der Waals surface area (Å²) in [6.07, 6.45) is 0. The zero-order chi connectivity index (χ0) is 17.8. The SMILES string of the molecule is COc1ccc(C(=O)N2CCN(C)C[C@@H]2c2ccccc2)cc1OC. The largest absolute Gasteiger partial charge is 0.493 e. The van der Waals surface area contributed by atoms with Crippen molar-refractivity contribution in [2.45, 2.75) is 6.04 Å². The maximum Gasteiger partial charge on any atom is 0.254 e. The molecule has 0 radical (unpaired) electrons. The van der Waals surface area contributed by atoms with Crippen LogP contribution in [0, 0.1) is 0 Å². The minimum absolute atomic E-state index is 0.0166. The van der Waals surface area contributed by atoms with Gasteiger partial charge in [0.1, 0.15) is 0 Å². The Bertz CT molecular complexity index is 733. The van der Waals surface area contributed by atoms with E-state index in [0.717, 1.165) is 18.7 Å². The van der Waals surface area contributed by atoms with Gasteiger partial charge in [-0.05, 0) is 30.8 Å². The molecule has 0 aromatic heterocycles. The van der Waals surface area contributed by atoms with Gasteiger partial charge in [0.25, 0.3) is 5.91 Å². The second-order valence-electron chi connectivity index (χ2n) is 6.26. The summed E-state index contributed by atoms with van der Waals surface area (Å²) in [5, 5.41) is 0. The topological polar surface area (TPSA) is 42.0 Å². The van der Waals surface area contributed by atoms with E-state index in [1.807, 2.05) is 23.1 Å². The van der Waals surface area contributed by atoms with Crippen molar-refractivity contribution in [3.05, 3.63) is 59.7 Å². The highest BCUT2D eigenvalue weighted by Gasteiger charge is 2.31. The number of carbonyl (C=O) groups excluding carboxylic acids is 1. The molecule has 0 aliphatic carbocycles. The summed E-state index contributed by atoms with van der Waals surface area (Å²) in [5.41, 5.74) is 1.77. The van der Waals surface area contributed by atoms with Gasteiger partial charge < -0.3 is 19.3 Å². The van der Waals surface area contributed by atoms with Crippen molar-refractivity contribution in [1.29, 1.82) is 0 Å². The van der Waals surface area contributed by atoms with E-state index < -0.39 is 0 Å². The third kappa shape index (κ3) is 3.61. The number of rotatable bonds is 4. The molecular formula is C20H24N2O3. The maximum atomic E-state index is 13.2. The molecule has 1 atom stereocenters. The van der Waals surface area contributed by atoms with Gasteiger partial charge in [-0.1, -0.05) is 30.3 Å². The summed E-state index contributed by atoms with van der Waals surface area (Å²) in [7, 11) is 5.26. The van der Waals surface area contributed by atoms with Crippen LogP contribution in [0.3, 0.4) is 0 Å². The van der Waals surface area contributed by atoms with Crippen LogP contribution in [0.25, 0.3) is 0 Å². The lowest BCUT2D eigenvalue weighted by Crippen LogP contribution is -2.49. The highest BCUT2D eigenvalue weighted by Crippen LogP contribution is 2.31. The molecule has 1 amide bonds. The summed E-state index contributed by atoms with van der Waals surface area (Å²) in [5.74, 6) is 1.21. The smallest absolute Gasteiger partial charge is 0.254 e. The van der Waals surface area contributed by atoms with Gasteiger partial charge in [0.15, 0.2) is 11.5 Å². The summed E-state index contributed by atoms with van der Waals surface area (Å²) in [6, 6.07) is 15.6. The fourth-order valence-corrected chi connectivity index (χ4v) is 3.26. The molecule has 132 valence electrons. The van der Waals surface area contributed by atoms with Crippen molar-refractivity contribution >= 4 is 5.91 Å². The maximum absolute atomic E-state index is 13.2. The zero-order valence-corrected chi connectivity index (χ0v) is 14.9. The number of likely N-dealkylation sites (N-methyl/N-ethyl adjacent to an activating group) is 1. The van der Waals surface area contributed by atoms with Crippen molar-refractivity contribution in [3.8, 4) is 11.5 Å². The number of carbonyl (C=O) groups is 1. The van der Waals surface area contributed by atoms with E-state index in [-0.39, 0.29) is 11.9 Å². The number of piperazine rings is 1. The summed E-state index contributed by atoms with van der Waals surface area (Å²) in [6.45, 7) is 2.38. The third-order valence-corrected chi connectivity index (χ3v) is 4.66. The van der Waals surface area contributed by atoms with E-state index in [1.54, 1.807) is 32.4 Å². The normalized spacial score (nSPS) is 18.0. The van der Waals surface area contributed by atoms with Crippen LogP contribution in [0.2, 0.25) is 0 Å².